The van der Waals surface area contributed by atoms with E-state index in [9.17, 15) is 19.2 Å². The molecule has 4 aromatic carbocycles. The van der Waals surface area contributed by atoms with Crippen LogP contribution >= 0.6 is 46.4 Å². The van der Waals surface area contributed by atoms with Gasteiger partial charge in [0.05, 0.1) is 21.2 Å². The zero-order valence-corrected chi connectivity index (χ0v) is 25.4. The van der Waals surface area contributed by atoms with Crippen LogP contribution in [0.2, 0.25) is 20.1 Å². The molecule has 0 atom stereocenters. The van der Waals surface area contributed by atoms with Crippen molar-refractivity contribution in [3.05, 3.63) is 116 Å². The Bertz CT molecular complexity index is 1560. The summed E-state index contributed by atoms with van der Waals surface area (Å²) in [7, 11) is 0. The van der Waals surface area contributed by atoms with E-state index in [4.69, 9.17) is 66.1 Å². The van der Waals surface area contributed by atoms with Crippen LogP contribution in [0.15, 0.2) is 84.9 Å². The first kappa shape index (κ1) is 34.0. The average Bonchev–Trinajstić information content (AvgIpc) is 2.97. The summed E-state index contributed by atoms with van der Waals surface area (Å²) in [6, 6.07) is 21.1. The van der Waals surface area contributed by atoms with Crippen LogP contribution in [0.3, 0.4) is 0 Å². The maximum atomic E-state index is 11.8. The Balaban J connectivity index is 0.000000240. The van der Waals surface area contributed by atoms with Crippen molar-refractivity contribution in [1.82, 2.24) is 0 Å². The number of benzene rings is 4. The maximum absolute atomic E-state index is 11.8. The van der Waals surface area contributed by atoms with Gasteiger partial charge in [0.25, 0.3) is 11.8 Å². The number of carbonyl (C=O) groups excluding carboxylic acids is 2. The van der Waals surface area contributed by atoms with Crippen molar-refractivity contribution in [2.45, 2.75) is 0 Å². The molecular weight excluding hydrogens is 658 g/mol. The lowest BCUT2D eigenvalue weighted by Gasteiger charge is -2.09. The Morgan fingerprint density at radius 2 is 0.955 bits per heavy atom. The van der Waals surface area contributed by atoms with E-state index < -0.39 is 23.8 Å². The van der Waals surface area contributed by atoms with E-state index in [0.717, 1.165) is 0 Å². The second-order valence-electron chi connectivity index (χ2n) is 8.60. The van der Waals surface area contributed by atoms with Crippen LogP contribution in [-0.2, 0) is 9.59 Å². The molecule has 0 radical (unpaired) electrons. The smallest absolute Gasteiger partial charge is 0.335 e. The fourth-order valence-electron chi connectivity index (χ4n) is 3.33. The molecule has 0 saturated heterocycles. The van der Waals surface area contributed by atoms with Gasteiger partial charge in [0.1, 0.15) is 11.5 Å². The second kappa shape index (κ2) is 16.4. The standard InChI is InChI=1S/2C15H11Cl2NO4/c2*16-10-4-5-13(12(17)7-10)22-8-14(19)18-11-3-1-2-9(6-11)15(20)21/h2*1-7H,8H2,(H,18,19)(H,20,21). The SMILES string of the molecule is O=C(COc1ccc(Cl)cc1Cl)Nc1cccc(C(=O)O)c1.O=C(COc1ccc(Cl)cc1Cl)Nc1cccc(C(=O)O)c1. The van der Waals surface area contributed by atoms with Crippen molar-refractivity contribution in [3.8, 4) is 11.5 Å². The normalized spacial score (nSPS) is 10.1. The molecule has 14 heteroatoms. The summed E-state index contributed by atoms with van der Waals surface area (Å²) < 4.78 is 10.6. The lowest BCUT2D eigenvalue weighted by Crippen LogP contribution is -2.20. The van der Waals surface area contributed by atoms with E-state index >= 15 is 0 Å². The van der Waals surface area contributed by atoms with E-state index in [1.54, 1.807) is 36.4 Å². The number of halogens is 4. The third-order valence-corrected chi connectivity index (χ3v) is 6.35. The summed E-state index contributed by atoms with van der Waals surface area (Å²) in [5, 5.41) is 24.4. The number of ether oxygens (including phenoxy) is 2. The molecular formula is C30H22Cl4N2O8. The molecule has 0 fully saturated rings. The minimum absolute atomic E-state index is 0.0828. The highest BCUT2D eigenvalue weighted by Crippen LogP contribution is 2.28. The zero-order valence-electron chi connectivity index (χ0n) is 22.4. The molecule has 0 aliphatic heterocycles. The lowest BCUT2D eigenvalue weighted by molar-refractivity contribution is -0.118. The number of carboxylic acids is 2. The predicted octanol–water partition coefficient (Wildman–Crippen LogP) is 7.42. The summed E-state index contributed by atoms with van der Waals surface area (Å²) in [5.74, 6) is -2.34. The Labute approximate surface area is 271 Å². The van der Waals surface area contributed by atoms with Gasteiger partial charge in [-0.05, 0) is 72.8 Å². The van der Waals surface area contributed by atoms with Crippen LogP contribution in [0.1, 0.15) is 20.7 Å². The number of amides is 2. The van der Waals surface area contributed by atoms with Crippen LogP contribution in [0.25, 0.3) is 0 Å². The molecule has 0 saturated carbocycles. The van der Waals surface area contributed by atoms with Crippen molar-refractivity contribution in [1.29, 1.82) is 0 Å². The molecule has 4 N–H and O–H groups in total. The number of anilines is 2. The van der Waals surface area contributed by atoms with Gasteiger partial charge in [0.15, 0.2) is 13.2 Å². The number of aromatic carboxylic acids is 2. The number of carbonyl (C=O) groups is 4. The Kier molecular flexibility index (Phi) is 12.7. The summed E-state index contributed by atoms with van der Waals surface area (Å²) in [6.45, 7) is -0.530. The number of nitrogens with one attached hydrogen (secondary N) is 2. The molecule has 44 heavy (non-hydrogen) atoms. The van der Waals surface area contributed by atoms with E-state index in [2.05, 4.69) is 10.6 Å². The molecule has 0 spiro atoms. The summed E-state index contributed by atoms with van der Waals surface area (Å²) >= 11 is 23.4. The highest BCUT2D eigenvalue weighted by atomic mass is 35.5. The molecule has 0 aliphatic carbocycles. The molecule has 0 bridgehead atoms. The number of hydrogen-bond acceptors (Lipinski definition) is 6. The van der Waals surface area contributed by atoms with Gasteiger partial charge in [-0.15, -0.1) is 0 Å². The minimum Gasteiger partial charge on any atom is -0.482 e. The molecule has 228 valence electrons. The quantitative estimate of drug-likeness (QED) is 0.135. The van der Waals surface area contributed by atoms with Crippen LogP contribution in [0, 0.1) is 0 Å². The molecule has 0 aromatic heterocycles. The Morgan fingerprint density at radius 3 is 1.30 bits per heavy atom. The fourth-order valence-corrected chi connectivity index (χ4v) is 4.25. The van der Waals surface area contributed by atoms with Crippen LogP contribution in [-0.4, -0.2) is 47.2 Å². The Hall–Kier alpha value is -4.48. The third kappa shape index (κ3) is 11.0. The summed E-state index contributed by atoms with van der Waals surface area (Å²) in [5.41, 5.74) is 0.908. The molecule has 0 aliphatic rings. The minimum atomic E-state index is -1.07. The van der Waals surface area contributed by atoms with E-state index in [1.165, 1.54) is 48.5 Å². The van der Waals surface area contributed by atoms with Gasteiger partial charge in [0, 0.05) is 21.4 Å². The monoisotopic (exact) mass is 678 g/mol. The van der Waals surface area contributed by atoms with Gasteiger partial charge in [-0.1, -0.05) is 58.5 Å². The van der Waals surface area contributed by atoms with Gasteiger partial charge in [-0.25, -0.2) is 9.59 Å². The summed E-state index contributed by atoms with van der Waals surface area (Å²) in [6.07, 6.45) is 0. The van der Waals surface area contributed by atoms with Crippen LogP contribution < -0.4 is 20.1 Å². The predicted molar refractivity (Wildman–Crippen MR) is 168 cm³/mol. The zero-order chi connectivity index (χ0) is 32.2. The number of carboxylic acid groups (broad SMARTS) is 2. The first-order chi connectivity index (χ1) is 20.9. The first-order valence-electron chi connectivity index (χ1n) is 12.3. The van der Waals surface area contributed by atoms with Gasteiger partial charge in [-0.3, -0.25) is 9.59 Å². The molecule has 10 nitrogen and oxygen atoms in total. The largest absolute Gasteiger partial charge is 0.482 e. The first-order valence-corrected chi connectivity index (χ1v) is 13.8. The molecule has 0 heterocycles. The van der Waals surface area contributed by atoms with Crippen molar-refractivity contribution in [3.63, 3.8) is 0 Å². The maximum Gasteiger partial charge on any atom is 0.335 e. The van der Waals surface area contributed by atoms with Crippen LogP contribution in [0.5, 0.6) is 11.5 Å². The van der Waals surface area contributed by atoms with E-state index in [1.807, 2.05) is 0 Å². The highest BCUT2D eigenvalue weighted by molar-refractivity contribution is 6.36. The van der Waals surface area contributed by atoms with Gasteiger partial charge >= 0.3 is 11.9 Å². The molecule has 4 aromatic rings. The second-order valence-corrected chi connectivity index (χ2v) is 10.3. The van der Waals surface area contributed by atoms with E-state index in [0.29, 0.717) is 43.0 Å². The van der Waals surface area contributed by atoms with Crippen LogP contribution in [0.4, 0.5) is 11.4 Å². The number of hydrogen-bond donors (Lipinski definition) is 4. The van der Waals surface area contributed by atoms with Crippen molar-refractivity contribution in [2.75, 3.05) is 23.8 Å². The van der Waals surface area contributed by atoms with Gasteiger partial charge in [0.2, 0.25) is 0 Å². The molecule has 2 amide bonds. The van der Waals surface area contributed by atoms with Gasteiger partial charge in [-0.2, -0.15) is 0 Å². The topological polar surface area (TPSA) is 151 Å². The summed E-state index contributed by atoms with van der Waals surface area (Å²) in [4.78, 5) is 45.3. The van der Waals surface area contributed by atoms with E-state index in [-0.39, 0.29) is 24.3 Å². The average molecular weight is 680 g/mol. The van der Waals surface area contributed by atoms with Crippen molar-refractivity contribution < 1.29 is 38.9 Å². The number of rotatable bonds is 10. The van der Waals surface area contributed by atoms with Gasteiger partial charge < -0.3 is 30.3 Å². The lowest BCUT2D eigenvalue weighted by atomic mass is 10.2. The molecule has 0 unspecified atom stereocenters. The Morgan fingerprint density at radius 1 is 0.568 bits per heavy atom. The fraction of sp³-hybridized carbons (Fsp3) is 0.0667. The molecule has 4 rings (SSSR count). The van der Waals surface area contributed by atoms with Crippen molar-refractivity contribution >= 4 is 81.5 Å². The highest BCUT2D eigenvalue weighted by Gasteiger charge is 2.10. The third-order valence-electron chi connectivity index (χ3n) is 5.29. The van der Waals surface area contributed by atoms with Crippen molar-refractivity contribution in [2.24, 2.45) is 0 Å².